The Morgan fingerprint density at radius 2 is 1.80 bits per heavy atom. The summed E-state index contributed by atoms with van der Waals surface area (Å²) in [6, 6.07) is 4.04. The Bertz CT molecular complexity index is 561. The van der Waals surface area contributed by atoms with E-state index in [1.54, 1.807) is 6.20 Å². The minimum absolute atomic E-state index is 0.780. The molecule has 106 valence electrons. The first-order chi connectivity index (χ1) is 9.63. The van der Waals surface area contributed by atoms with Gasteiger partial charge in [0.15, 0.2) is 5.82 Å². The van der Waals surface area contributed by atoms with Crippen LogP contribution in [0.4, 0.5) is 17.3 Å². The predicted octanol–water partition coefficient (Wildman–Crippen LogP) is 3.08. The first-order valence-corrected chi connectivity index (χ1v) is 6.92. The van der Waals surface area contributed by atoms with E-state index in [1.807, 2.05) is 32.2 Å². The number of hydrogen-bond acceptors (Lipinski definition) is 5. The Kier molecular flexibility index (Phi) is 4.50. The molecule has 2 heterocycles. The summed E-state index contributed by atoms with van der Waals surface area (Å²) in [5.74, 6) is 1.77. The highest BCUT2D eigenvalue weighted by Gasteiger charge is 2.05. The summed E-state index contributed by atoms with van der Waals surface area (Å²) >= 11 is 0. The van der Waals surface area contributed by atoms with Gasteiger partial charge in [0.25, 0.3) is 0 Å². The van der Waals surface area contributed by atoms with Crippen LogP contribution < -0.4 is 10.2 Å². The van der Waals surface area contributed by atoms with Gasteiger partial charge >= 0.3 is 0 Å². The van der Waals surface area contributed by atoms with Gasteiger partial charge in [0.05, 0.1) is 23.3 Å². The average Bonchev–Trinajstić information content (AvgIpc) is 2.46. The number of rotatable bonds is 5. The van der Waals surface area contributed by atoms with Crippen LogP contribution in [0, 0.1) is 13.8 Å². The van der Waals surface area contributed by atoms with Gasteiger partial charge in [-0.05, 0) is 39.8 Å². The monoisotopic (exact) mass is 271 g/mol. The molecule has 2 rings (SSSR count). The smallest absolute Gasteiger partial charge is 0.152 e. The molecule has 0 aliphatic heterocycles. The van der Waals surface area contributed by atoms with Crippen molar-refractivity contribution < 1.29 is 0 Å². The van der Waals surface area contributed by atoms with Crippen molar-refractivity contribution in [1.29, 1.82) is 0 Å². The third-order valence-electron chi connectivity index (χ3n) is 3.17. The molecule has 0 spiro atoms. The molecule has 0 aromatic carbocycles. The molecule has 2 aromatic rings. The Hall–Kier alpha value is -2.17. The minimum atomic E-state index is 0.780. The van der Waals surface area contributed by atoms with Crippen molar-refractivity contribution >= 4 is 17.3 Å². The van der Waals surface area contributed by atoms with Gasteiger partial charge in [0, 0.05) is 19.3 Å². The minimum Gasteiger partial charge on any atom is -0.357 e. The summed E-state index contributed by atoms with van der Waals surface area (Å²) in [4.78, 5) is 15.4. The molecule has 0 amide bonds. The summed E-state index contributed by atoms with van der Waals surface area (Å²) < 4.78 is 0. The largest absolute Gasteiger partial charge is 0.357 e. The van der Waals surface area contributed by atoms with Crippen molar-refractivity contribution in [3.8, 4) is 0 Å². The molecular formula is C15H21N5. The lowest BCUT2D eigenvalue weighted by Crippen LogP contribution is -2.22. The molecule has 5 heteroatoms. The molecule has 0 saturated carbocycles. The summed E-state index contributed by atoms with van der Waals surface area (Å²) in [7, 11) is 0. The third-order valence-corrected chi connectivity index (χ3v) is 3.17. The Balaban J connectivity index is 2.16. The standard InChI is InChI=1S/C15H21N5/c1-5-20(6-2)14-8-7-13(10-17-14)19-15-12(4)16-9-11(3)18-15/h7-10H,5-6H2,1-4H3,(H,18,19). The lowest BCUT2D eigenvalue weighted by atomic mass is 10.3. The number of pyridine rings is 1. The number of aryl methyl sites for hydroxylation is 2. The zero-order valence-corrected chi connectivity index (χ0v) is 12.5. The molecule has 2 aromatic heterocycles. The van der Waals surface area contributed by atoms with E-state index in [-0.39, 0.29) is 0 Å². The summed E-state index contributed by atoms with van der Waals surface area (Å²) in [6.45, 7) is 10.0. The van der Waals surface area contributed by atoms with Crippen LogP contribution in [0.1, 0.15) is 25.2 Å². The van der Waals surface area contributed by atoms with Gasteiger partial charge in [-0.2, -0.15) is 0 Å². The summed E-state index contributed by atoms with van der Waals surface area (Å²) in [6.07, 6.45) is 3.60. The Labute approximate surface area is 120 Å². The van der Waals surface area contributed by atoms with Crippen molar-refractivity contribution in [3.63, 3.8) is 0 Å². The topological polar surface area (TPSA) is 53.9 Å². The van der Waals surface area contributed by atoms with Crippen LogP contribution in [-0.2, 0) is 0 Å². The number of nitrogens with zero attached hydrogens (tertiary/aromatic N) is 4. The zero-order valence-electron chi connectivity index (χ0n) is 12.5. The second kappa shape index (κ2) is 6.32. The van der Waals surface area contributed by atoms with Gasteiger partial charge in [0.1, 0.15) is 5.82 Å². The summed E-state index contributed by atoms with van der Waals surface area (Å²) in [5, 5.41) is 3.26. The van der Waals surface area contributed by atoms with Gasteiger partial charge in [-0.25, -0.2) is 9.97 Å². The van der Waals surface area contributed by atoms with Crippen LogP contribution in [0.25, 0.3) is 0 Å². The van der Waals surface area contributed by atoms with Crippen LogP contribution in [0.15, 0.2) is 24.5 Å². The van der Waals surface area contributed by atoms with Crippen LogP contribution in [0.3, 0.4) is 0 Å². The van der Waals surface area contributed by atoms with E-state index in [9.17, 15) is 0 Å². The van der Waals surface area contributed by atoms with E-state index in [0.29, 0.717) is 0 Å². The molecule has 0 fully saturated rings. The Morgan fingerprint density at radius 3 is 2.40 bits per heavy atom. The lowest BCUT2D eigenvalue weighted by molar-refractivity contribution is 0.846. The number of hydrogen-bond donors (Lipinski definition) is 1. The van der Waals surface area contributed by atoms with Gasteiger partial charge in [0.2, 0.25) is 0 Å². The maximum Gasteiger partial charge on any atom is 0.152 e. The predicted molar refractivity (Wildman–Crippen MR) is 82.6 cm³/mol. The summed E-state index contributed by atoms with van der Waals surface area (Å²) in [5.41, 5.74) is 2.69. The molecule has 0 radical (unpaired) electrons. The molecule has 0 atom stereocenters. The highest BCUT2D eigenvalue weighted by molar-refractivity contribution is 5.58. The van der Waals surface area contributed by atoms with Gasteiger partial charge in [-0.1, -0.05) is 0 Å². The molecule has 20 heavy (non-hydrogen) atoms. The third kappa shape index (κ3) is 3.23. The lowest BCUT2D eigenvalue weighted by Gasteiger charge is -2.19. The van der Waals surface area contributed by atoms with Crippen molar-refractivity contribution in [2.75, 3.05) is 23.3 Å². The van der Waals surface area contributed by atoms with Crippen LogP contribution >= 0.6 is 0 Å². The van der Waals surface area contributed by atoms with Crippen LogP contribution in [-0.4, -0.2) is 28.0 Å². The first kappa shape index (κ1) is 14.2. The van der Waals surface area contributed by atoms with Crippen molar-refractivity contribution in [1.82, 2.24) is 15.0 Å². The molecular weight excluding hydrogens is 250 g/mol. The second-order valence-electron chi connectivity index (χ2n) is 4.65. The van der Waals surface area contributed by atoms with E-state index in [0.717, 1.165) is 41.8 Å². The van der Waals surface area contributed by atoms with Crippen molar-refractivity contribution in [2.45, 2.75) is 27.7 Å². The van der Waals surface area contributed by atoms with Gasteiger partial charge in [-0.15, -0.1) is 0 Å². The normalized spacial score (nSPS) is 10.4. The van der Waals surface area contributed by atoms with Gasteiger partial charge in [-0.3, -0.25) is 4.98 Å². The van der Waals surface area contributed by atoms with Crippen LogP contribution in [0.5, 0.6) is 0 Å². The number of anilines is 3. The van der Waals surface area contributed by atoms with Crippen molar-refractivity contribution in [3.05, 3.63) is 35.9 Å². The quantitative estimate of drug-likeness (QED) is 0.905. The fraction of sp³-hybridized carbons (Fsp3) is 0.400. The van der Waals surface area contributed by atoms with E-state index < -0.39 is 0 Å². The SMILES string of the molecule is CCN(CC)c1ccc(Nc2nc(C)cnc2C)cn1. The average molecular weight is 271 g/mol. The van der Waals surface area contributed by atoms with Crippen LogP contribution in [0.2, 0.25) is 0 Å². The van der Waals surface area contributed by atoms with Gasteiger partial charge < -0.3 is 10.2 Å². The zero-order chi connectivity index (χ0) is 14.5. The molecule has 0 bridgehead atoms. The fourth-order valence-corrected chi connectivity index (χ4v) is 1.99. The molecule has 5 nitrogen and oxygen atoms in total. The molecule has 0 saturated heterocycles. The molecule has 1 N–H and O–H groups in total. The van der Waals surface area contributed by atoms with E-state index in [2.05, 4.69) is 39.0 Å². The van der Waals surface area contributed by atoms with Crippen molar-refractivity contribution in [2.24, 2.45) is 0 Å². The highest BCUT2D eigenvalue weighted by Crippen LogP contribution is 2.19. The molecule has 0 unspecified atom stereocenters. The number of nitrogens with one attached hydrogen (secondary N) is 1. The molecule has 0 aliphatic carbocycles. The maximum absolute atomic E-state index is 4.48. The maximum atomic E-state index is 4.48. The van der Waals surface area contributed by atoms with E-state index in [4.69, 9.17) is 0 Å². The van der Waals surface area contributed by atoms with E-state index in [1.165, 1.54) is 0 Å². The molecule has 0 aliphatic rings. The second-order valence-corrected chi connectivity index (χ2v) is 4.65. The fourth-order valence-electron chi connectivity index (χ4n) is 1.99. The highest BCUT2D eigenvalue weighted by atomic mass is 15.2. The van der Waals surface area contributed by atoms with E-state index >= 15 is 0 Å². The Morgan fingerprint density at radius 1 is 1.05 bits per heavy atom. The number of aromatic nitrogens is 3. The first-order valence-electron chi connectivity index (χ1n) is 6.92.